The molecule has 0 atom stereocenters. The van der Waals surface area contributed by atoms with E-state index in [4.69, 9.17) is 4.74 Å². The van der Waals surface area contributed by atoms with Gasteiger partial charge in [0.05, 0.1) is 12.8 Å². The Morgan fingerprint density at radius 3 is 2.68 bits per heavy atom. The van der Waals surface area contributed by atoms with E-state index in [0.29, 0.717) is 19.0 Å². The first kappa shape index (κ1) is 15.9. The third-order valence-corrected chi connectivity index (χ3v) is 2.69. The molecule has 0 saturated heterocycles. The molecule has 0 aliphatic heterocycles. The van der Waals surface area contributed by atoms with Crippen LogP contribution in [0.2, 0.25) is 0 Å². The Bertz CT molecular complexity index is 388. The lowest BCUT2D eigenvalue weighted by Gasteiger charge is -2.21. The predicted molar refractivity (Wildman–Crippen MR) is 75.8 cm³/mol. The normalized spacial score (nSPS) is 11.6. The maximum Gasteiger partial charge on any atom is 0.218 e. The van der Waals surface area contributed by atoms with Gasteiger partial charge in [-0.15, -0.1) is 0 Å². The van der Waals surface area contributed by atoms with Crippen LogP contribution in [0.4, 0.5) is 4.39 Å². The van der Waals surface area contributed by atoms with Crippen molar-refractivity contribution in [1.29, 1.82) is 0 Å². The number of aromatic nitrogens is 1. The quantitative estimate of drug-likeness (QED) is 0.766. The Morgan fingerprint density at radius 1 is 1.32 bits per heavy atom. The Labute approximate surface area is 115 Å². The molecule has 19 heavy (non-hydrogen) atoms. The van der Waals surface area contributed by atoms with E-state index in [9.17, 15) is 4.39 Å². The van der Waals surface area contributed by atoms with Gasteiger partial charge < -0.3 is 10.1 Å². The summed E-state index contributed by atoms with van der Waals surface area (Å²) in [6.07, 6.45) is 4.49. The minimum absolute atomic E-state index is 0.0220. The molecule has 0 saturated carbocycles. The van der Waals surface area contributed by atoms with Gasteiger partial charge in [0.15, 0.2) is 0 Å². The van der Waals surface area contributed by atoms with E-state index in [1.165, 1.54) is 12.3 Å². The van der Waals surface area contributed by atoms with Gasteiger partial charge in [0.25, 0.3) is 0 Å². The summed E-state index contributed by atoms with van der Waals surface area (Å²) in [6.45, 7) is 9.55. The zero-order chi connectivity index (χ0) is 14.3. The molecule has 108 valence electrons. The molecule has 3 nitrogen and oxygen atoms in total. The highest BCUT2D eigenvalue weighted by Crippen LogP contribution is 2.17. The van der Waals surface area contributed by atoms with Gasteiger partial charge in [-0.3, -0.25) is 0 Å². The van der Waals surface area contributed by atoms with Gasteiger partial charge in [0.2, 0.25) is 5.88 Å². The van der Waals surface area contributed by atoms with Crippen LogP contribution in [-0.2, 0) is 6.54 Å². The van der Waals surface area contributed by atoms with Crippen LogP contribution in [0.1, 0.15) is 52.5 Å². The van der Waals surface area contributed by atoms with Crippen LogP contribution in [0.3, 0.4) is 0 Å². The molecular formula is C15H25FN2O. The fourth-order valence-electron chi connectivity index (χ4n) is 1.61. The van der Waals surface area contributed by atoms with Gasteiger partial charge in [-0.25, -0.2) is 9.37 Å². The number of nitrogens with zero attached hydrogens (tertiary/aromatic N) is 1. The highest BCUT2D eigenvalue weighted by molar-refractivity contribution is 5.26. The number of rotatable bonds is 7. The number of ether oxygens (including phenoxy) is 1. The summed E-state index contributed by atoms with van der Waals surface area (Å²) in [7, 11) is 0. The molecule has 0 bridgehead atoms. The molecule has 1 aromatic heterocycles. The maximum atomic E-state index is 13.3. The second kappa shape index (κ2) is 7.43. The standard InChI is InChI=1S/C15H25FN2O/c1-5-6-7-8-19-14-12(9-13(16)11-17-14)10-18-15(2,3)4/h9,11,18H,5-8,10H2,1-4H3. The topological polar surface area (TPSA) is 34.1 Å². The van der Waals surface area contributed by atoms with Crippen molar-refractivity contribution in [3.05, 3.63) is 23.6 Å². The molecule has 0 radical (unpaired) electrons. The predicted octanol–water partition coefficient (Wildman–Crippen LogP) is 3.68. The van der Waals surface area contributed by atoms with Gasteiger partial charge in [-0.1, -0.05) is 19.8 Å². The summed E-state index contributed by atoms with van der Waals surface area (Å²) in [6, 6.07) is 1.49. The van der Waals surface area contributed by atoms with Gasteiger partial charge in [0.1, 0.15) is 5.82 Å². The Hall–Kier alpha value is -1.16. The molecule has 1 rings (SSSR count). The first-order valence-electron chi connectivity index (χ1n) is 6.94. The van der Waals surface area contributed by atoms with Crippen molar-refractivity contribution in [2.24, 2.45) is 0 Å². The van der Waals surface area contributed by atoms with Crippen molar-refractivity contribution < 1.29 is 9.13 Å². The summed E-state index contributed by atoms with van der Waals surface area (Å²) in [5.41, 5.74) is 0.748. The maximum absolute atomic E-state index is 13.3. The van der Waals surface area contributed by atoms with Crippen LogP contribution in [0, 0.1) is 5.82 Å². The van der Waals surface area contributed by atoms with Crippen molar-refractivity contribution in [2.45, 2.75) is 59.0 Å². The monoisotopic (exact) mass is 268 g/mol. The lowest BCUT2D eigenvalue weighted by atomic mass is 10.1. The second-order valence-corrected chi connectivity index (χ2v) is 5.78. The summed E-state index contributed by atoms with van der Waals surface area (Å²) in [4.78, 5) is 4.04. The summed E-state index contributed by atoms with van der Waals surface area (Å²) >= 11 is 0. The molecule has 1 heterocycles. The third-order valence-electron chi connectivity index (χ3n) is 2.69. The third kappa shape index (κ3) is 6.53. The molecule has 0 aliphatic carbocycles. The lowest BCUT2D eigenvalue weighted by molar-refractivity contribution is 0.288. The van der Waals surface area contributed by atoms with Crippen LogP contribution in [0.15, 0.2) is 12.3 Å². The zero-order valence-corrected chi connectivity index (χ0v) is 12.4. The lowest BCUT2D eigenvalue weighted by Crippen LogP contribution is -2.35. The average molecular weight is 268 g/mol. The molecule has 0 amide bonds. The minimum atomic E-state index is -0.327. The summed E-state index contributed by atoms with van der Waals surface area (Å²) in [5, 5.41) is 3.32. The molecule has 0 aliphatic rings. The highest BCUT2D eigenvalue weighted by Gasteiger charge is 2.12. The average Bonchev–Trinajstić information content (AvgIpc) is 2.33. The zero-order valence-electron chi connectivity index (χ0n) is 12.4. The van der Waals surface area contributed by atoms with Gasteiger partial charge in [0, 0.05) is 17.6 Å². The van der Waals surface area contributed by atoms with Crippen LogP contribution >= 0.6 is 0 Å². The number of nitrogens with one attached hydrogen (secondary N) is 1. The van der Waals surface area contributed by atoms with Crippen LogP contribution in [0.5, 0.6) is 5.88 Å². The van der Waals surface area contributed by atoms with E-state index < -0.39 is 0 Å². The van der Waals surface area contributed by atoms with Crippen LogP contribution in [-0.4, -0.2) is 17.1 Å². The van der Waals surface area contributed by atoms with Crippen LogP contribution in [0.25, 0.3) is 0 Å². The van der Waals surface area contributed by atoms with Crippen molar-refractivity contribution >= 4 is 0 Å². The smallest absolute Gasteiger partial charge is 0.218 e. The molecule has 0 fully saturated rings. The van der Waals surface area contributed by atoms with Gasteiger partial charge in [-0.05, 0) is 33.3 Å². The number of unbranched alkanes of at least 4 members (excludes halogenated alkanes) is 2. The first-order valence-corrected chi connectivity index (χ1v) is 6.94. The fourth-order valence-corrected chi connectivity index (χ4v) is 1.61. The van der Waals surface area contributed by atoms with E-state index in [0.717, 1.165) is 24.8 Å². The summed E-state index contributed by atoms with van der Waals surface area (Å²) in [5.74, 6) is 0.209. The molecule has 0 unspecified atom stereocenters. The van der Waals surface area contributed by atoms with E-state index in [2.05, 4.69) is 38.0 Å². The highest BCUT2D eigenvalue weighted by atomic mass is 19.1. The van der Waals surface area contributed by atoms with E-state index in [1.54, 1.807) is 0 Å². The Morgan fingerprint density at radius 2 is 2.05 bits per heavy atom. The molecule has 1 N–H and O–H groups in total. The molecule has 4 heteroatoms. The molecule has 0 spiro atoms. The van der Waals surface area contributed by atoms with Crippen molar-refractivity contribution in [3.8, 4) is 5.88 Å². The molecular weight excluding hydrogens is 243 g/mol. The van der Waals surface area contributed by atoms with E-state index in [-0.39, 0.29) is 11.4 Å². The SMILES string of the molecule is CCCCCOc1ncc(F)cc1CNC(C)(C)C. The number of pyridine rings is 1. The van der Waals surface area contributed by atoms with Crippen molar-refractivity contribution in [2.75, 3.05) is 6.61 Å². The molecule has 0 aromatic carbocycles. The van der Waals surface area contributed by atoms with Crippen molar-refractivity contribution in [3.63, 3.8) is 0 Å². The first-order chi connectivity index (χ1) is 8.92. The fraction of sp³-hybridized carbons (Fsp3) is 0.667. The van der Waals surface area contributed by atoms with Gasteiger partial charge >= 0.3 is 0 Å². The number of halogens is 1. The minimum Gasteiger partial charge on any atom is -0.477 e. The Balaban J connectivity index is 2.63. The summed E-state index contributed by atoms with van der Waals surface area (Å²) < 4.78 is 18.9. The Kier molecular flexibility index (Phi) is 6.22. The van der Waals surface area contributed by atoms with Gasteiger partial charge in [-0.2, -0.15) is 0 Å². The van der Waals surface area contributed by atoms with E-state index in [1.807, 2.05) is 0 Å². The largest absolute Gasteiger partial charge is 0.477 e. The van der Waals surface area contributed by atoms with E-state index >= 15 is 0 Å². The van der Waals surface area contributed by atoms with Crippen LogP contribution < -0.4 is 10.1 Å². The number of hydrogen-bond acceptors (Lipinski definition) is 3. The molecule has 1 aromatic rings. The van der Waals surface area contributed by atoms with Crippen molar-refractivity contribution in [1.82, 2.24) is 10.3 Å². The second-order valence-electron chi connectivity index (χ2n) is 5.78. The number of hydrogen-bond donors (Lipinski definition) is 1.